The normalized spacial score (nSPS) is 18.5. The fourth-order valence-electron chi connectivity index (χ4n) is 5.89. The molecule has 5 N–H and O–H groups in total. The second kappa shape index (κ2) is 16.3. The molecule has 4 aromatic rings. The minimum atomic E-state index is -0.833. The van der Waals surface area contributed by atoms with E-state index in [-0.39, 0.29) is 0 Å². The number of nitrogens with two attached hydrogens (primary N) is 1. The first-order chi connectivity index (χ1) is 22.0. The number of rotatable bonds is 6. The highest BCUT2D eigenvalue weighted by Crippen LogP contribution is 2.37. The molecule has 1 saturated heterocycles. The van der Waals surface area contributed by atoms with Gasteiger partial charge in [-0.3, -0.25) is 14.5 Å². The van der Waals surface area contributed by atoms with Crippen molar-refractivity contribution in [3.05, 3.63) is 65.4 Å². The van der Waals surface area contributed by atoms with Crippen LogP contribution in [0, 0.1) is 0 Å². The van der Waals surface area contributed by atoms with Crippen LogP contribution in [0.3, 0.4) is 0 Å². The van der Waals surface area contributed by atoms with Crippen LogP contribution in [0.15, 0.2) is 54.9 Å². The fourth-order valence-corrected chi connectivity index (χ4v) is 6.09. The van der Waals surface area contributed by atoms with Gasteiger partial charge in [0.15, 0.2) is 5.65 Å². The van der Waals surface area contributed by atoms with Gasteiger partial charge >= 0.3 is 0 Å². The summed E-state index contributed by atoms with van der Waals surface area (Å²) in [5.74, 6) is -1.19. The van der Waals surface area contributed by atoms with E-state index in [4.69, 9.17) is 42.2 Å². The molecule has 1 aliphatic heterocycles. The van der Waals surface area contributed by atoms with E-state index >= 15 is 0 Å². The number of hydrogen-bond acceptors (Lipinski definition) is 9. The monoisotopic (exact) mass is 650 g/mol. The standard InChI is InChI=1S/C29H35ClN8.2C2H4O2/c1-36-14-16-37(17-15-36)23-10-12-24(13-11-23)38-29-26(28(31)33-19-34-29)27(35-38)20-6-8-22(9-7-20)32-18-21-4-2-3-5-25(21)30;2*1-2(3)4/h2-9,19,23-24,32H,10-18H2,1H3,(H2,31,33,34);2*1H3,(H,3,4). The Morgan fingerprint density at radius 3 is 2.11 bits per heavy atom. The molecule has 0 amide bonds. The Balaban J connectivity index is 0.000000541. The van der Waals surface area contributed by atoms with Gasteiger partial charge < -0.3 is 26.2 Å². The van der Waals surface area contributed by atoms with Crippen molar-refractivity contribution in [2.75, 3.05) is 44.3 Å². The molecule has 13 heteroatoms. The average molecular weight is 651 g/mol. The first-order valence-electron chi connectivity index (χ1n) is 15.4. The lowest BCUT2D eigenvalue weighted by Gasteiger charge is -2.41. The number of aromatic nitrogens is 4. The molecular weight excluding hydrogens is 608 g/mol. The van der Waals surface area contributed by atoms with Crippen LogP contribution in [-0.4, -0.2) is 91.0 Å². The average Bonchev–Trinajstić information content (AvgIpc) is 3.42. The smallest absolute Gasteiger partial charge is 0.300 e. The van der Waals surface area contributed by atoms with Gasteiger partial charge in [0, 0.05) is 68.9 Å². The van der Waals surface area contributed by atoms with E-state index in [0.29, 0.717) is 24.4 Å². The SMILES string of the molecule is CC(=O)O.CC(=O)O.CN1CCN(C2CCC(n3nc(-c4ccc(NCc5ccccc5Cl)cc4)c4c(N)ncnc43)CC2)CC1. The number of fused-ring (bicyclic) bond motifs is 1. The molecule has 2 fully saturated rings. The van der Waals surface area contributed by atoms with E-state index in [9.17, 15) is 0 Å². The molecule has 0 bridgehead atoms. The number of nitrogens with one attached hydrogen (secondary N) is 1. The molecule has 2 aromatic heterocycles. The molecule has 0 unspecified atom stereocenters. The van der Waals surface area contributed by atoms with Crippen molar-refractivity contribution >= 4 is 46.1 Å². The summed E-state index contributed by atoms with van der Waals surface area (Å²) in [4.78, 5) is 32.0. The number of nitrogen functional groups attached to an aromatic ring is 1. The molecule has 0 radical (unpaired) electrons. The molecule has 6 rings (SSSR count). The van der Waals surface area contributed by atoms with E-state index in [2.05, 4.69) is 61.1 Å². The molecule has 0 atom stereocenters. The third-order valence-corrected chi connectivity index (χ3v) is 8.55. The summed E-state index contributed by atoms with van der Waals surface area (Å²) in [5.41, 5.74) is 11.1. The number of anilines is 2. The van der Waals surface area contributed by atoms with Gasteiger partial charge in [0.2, 0.25) is 0 Å². The number of carbonyl (C=O) groups is 2. The second-order valence-corrected chi connectivity index (χ2v) is 12.0. The summed E-state index contributed by atoms with van der Waals surface area (Å²) in [6.07, 6.45) is 6.14. The third kappa shape index (κ3) is 9.38. The van der Waals surface area contributed by atoms with Crippen LogP contribution < -0.4 is 11.1 Å². The van der Waals surface area contributed by atoms with Gasteiger partial charge in [0.05, 0.1) is 11.4 Å². The first-order valence-corrected chi connectivity index (χ1v) is 15.8. The number of nitrogens with zero attached hydrogens (tertiary/aromatic N) is 6. The summed E-state index contributed by atoms with van der Waals surface area (Å²) in [5, 5.41) is 25.0. The molecule has 246 valence electrons. The number of likely N-dealkylation sites (N-methyl/N-ethyl adjacent to an activating group) is 1. The van der Waals surface area contributed by atoms with Crippen LogP contribution in [-0.2, 0) is 16.1 Å². The molecule has 12 nitrogen and oxygen atoms in total. The van der Waals surface area contributed by atoms with Crippen molar-refractivity contribution in [3.8, 4) is 11.3 Å². The van der Waals surface area contributed by atoms with Crippen molar-refractivity contribution in [2.45, 2.75) is 58.2 Å². The maximum absolute atomic E-state index is 9.00. The Morgan fingerprint density at radius 1 is 0.913 bits per heavy atom. The molecule has 2 aliphatic rings. The maximum Gasteiger partial charge on any atom is 0.300 e. The molecule has 2 aromatic carbocycles. The van der Waals surface area contributed by atoms with Crippen molar-refractivity contribution in [1.82, 2.24) is 29.5 Å². The number of aliphatic carboxylic acids is 2. The number of benzene rings is 2. The highest BCUT2D eigenvalue weighted by atomic mass is 35.5. The van der Waals surface area contributed by atoms with Gasteiger partial charge in [-0.2, -0.15) is 5.10 Å². The van der Waals surface area contributed by atoms with E-state index in [0.717, 1.165) is 78.3 Å². The Bertz CT molecular complexity index is 1580. The van der Waals surface area contributed by atoms with Gasteiger partial charge in [0.1, 0.15) is 17.8 Å². The van der Waals surface area contributed by atoms with Crippen LogP contribution in [0.2, 0.25) is 5.02 Å². The van der Waals surface area contributed by atoms with E-state index < -0.39 is 11.9 Å². The Morgan fingerprint density at radius 2 is 1.50 bits per heavy atom. The van der Waals surface area contributed by atoms with Gasteiger partial charge in [0.25, 0.3) is 11.9 Å². The Kier molecular flexibility index (Phi) is 12.3. The largest absolute Gasteiger partial charge is 0.481 e. The highest BCUT2D eigenvalue weighted by molar-refractivity contribution is 6.31. The minimum Gasteiger partial charge on any atom is -0.481 e. The molecule has 46 heavy (non-hydrogen) atoms. The van der Waals surface area contributed by atoms with Gasteiger partial charge in [-0.1, -0.05) is 41.9 Å². The van der Waals surface area contributed by atoms with Crippen molar-refractivity contribution in [1.29, 1.82) is 0 Å². The minimum absolute atomic E-state index is 0.320. The lowest BCUT2D eigenvalue weighted by atomic mass is 9.90. The van der Waals surface area contributed by atoms with Gasteiger partial charge in [-0.15, -0.1) is 0 Å². The second-order valence-electron chi connectivity index (χ2n) is 11.6. The summed E-state index contributed by atoms with van der Waals surface area (Å²) < 4.78 is 2.12. The zero-order valence-corrected chi connectivity index (χ0v) is 27.3. The Hall–Kier alpha value is -4.26. The summed E-state index contributed by atoms with van der Waals surface area (Å²) in [7, 11) is 2.22. The van der Waals surface area contributed by atoms with Crippen LogP contribution in [0.25, 0.3) is 22.3 Å². The van der Waals surface area contributed by atoms with Gasteiger partial charge in [-0.05, 0) is 56.5 Å². The number of halogens is 1. The van der Waals surface area contributed by atoms with Gasteiger partial charge in [-0.25, -0.2) is 14.6 Å². The van der Waals surface area contributed by atoms with Crippen molar-refractivity contribution in [2.24, 2.45) is 0 Å². The van der Waals surface area contributed by atoms with Crippen molar-refractivity contribution < 1.29 is 19.8 Å². The zero-order valence-electron chi connectivity index (χ0n) is 26.6. The number of hydrogen-bond donors (Lipinski definition) is 4. The topological polar surface area (TPSA) is 163 Å². The maximum atomic E-state index is 9.00. The fraction of sp³-hybridized carbons (Fsp3) is 0.424. The Labute approximate surface area is 274 Å². The summed E-state index contributed by atoms with van der Waals surface area (Å²) >= 11 is 6.31. The zero-order chi connectivity index (χ0) is 33.2. The van der Waals surface area contributed by atoms with Crippen molar-refractivity contribution in [3.63, 3.8) is 0 Å². The molecular formula is C33H43ClN8O4. The van der Waals surface area contributed by atoms with E-state index in [1.165, 1.54) is 25.9 Å². The molecule has 3 heterocycles. The number of carboxylic acids is 2. The predicted molar refractivity (Wildman–Crippen MR) is 181 cm³/mol. The first kappa shape index (κ1) is 34.6. The van der Waals surface area contributed by atoms with Crippen LogP contribution in [0.4, 0.5) is 11.5 Å². The molecule has 0 spiro atoms. The summed E-state index contributed by atoms with van der Waals surface area (Å²) in [6.45, 7) is 7.50. The predicted octanol–water partition coefficient (Wildman–Crippen LogP) is 5.25. The lowest BCUT2D eigenvalue weighted by Crippen LogP contribution is -2.49. The lowest BCUT2D eigenvalue weighted by molar-refractivity contribution is -0.135. The van der Waals surface area contributed by atoms with E-state index in [1.807, 2.05) is 24.3 Å². The highest BCUT2D eigenvalue weighted by Gasteiger charge is 2.30. The summed E-state index contributed by atoms with van der Waals surface area (Å²) in [6, 6.07) is 17.2. The number of piperazine rings is 1. The van der Waals surface area contributed by atoms with Crippen LogP contribution in [0.5, 0.6) is 0 Å². The van der Waals surface area contributed by atoms with E-state index in [1.54, 1.807) is 6.33 Å². The van der Waals surface area contributed by atoms with Crippen LogP contribution >= 0.6 is 11.6 Å². The quantitative estimate of drug-likeness (QED) is 0.215. The number of carboxylic acid groups (broad SMARTS) is 2. The van der Waals surface area contributed by atoms with Crippen LogP contribution in [0.1, 0.15) is 51.1 Å². The molecule has 1 saturated carbocycles. The third-order valence-electron chi connectivity index (χ3n) is 8.18. The molecule has 1 aliphatic carbocycles.